The molecule has 2 amide bonds. The maximum absolute atomic E-state index is 12.7. The Labute approximate surface area is 168 Å². The monoisotopic (exact) mass is 403 g/mol. The van der Waals surface area contributed by atoms with Crippen LogP contribution < -0.4 is 5.32 Å². The smallest absolute Gasteiger partial charge is 0.310 e. The number of nitrogens with one attached hydrogen (secondary N) is 1. The number of aromatic nitrogens is 1. The zero-order chi connectivity index (χ0) is 20.1. The molecule has 150 valence electrons. The third-order valence-corrected chi connectivity index (χ3v) is 5.70. The summed E-state index contributed by atoms with van der Waals surface area (Å²) in [4.78, 5) is 42.4. The van der Waals surface area contributed by atoms with E-state index in [1.807, 2.05) is 18.2 Å². The number of anilines is 1. The first-order chi connectivity index (χ1) is 13.5. The number of likely N-dealkylation sites (tertiary alicyclic amines) is 1. The molecular weight excluding hydrogens is 378 g/mol. The summed E-state index contributed by atoms with van der Waals surface area (Å²) >= 11 is 1.40. The Morgan fingerprint density at radius 2 is 2.14 bits per heavy atom. The van der Waals surface area contributed by atoms with Gasteiger partial charge in [-0.3, -0.25) is 14.4 Å². The molecule has 0 bridgehead atoms. The second-order valence-corrected chi connectivity index (χ2v) is 7.86. The Morgan fingerprint density at radius 3 is 2.89 bits per heavy atom. The van der Waals surface area contributed by atoms with Crippen molar-refractivity contribution in [3.8, 4) is 0 Å². The highest BCUT2D eigenvalue weighted by Crippen LogP contribution is 2.27. The maximum Gasteiger partial charge on any atom is 0.310 e. The van der Waals surface area contributed by atoms with Crippen molar-refractivity contribution < 1.29 is 19.1 Å². The molecule has 2 heterocycles. The van der Waals surface area contributed by atoms with Gasteiger partial charge >= 0.3 is 5.97 Å². The van der Waals surface area contributed by atoms with Crippen LogP contribution in [-0.4, -0.2) is 47.4 Å². The largest absolute Gasteiger partial charge is 0.466 e. The molecule has 1 aliphatic heterocycles. The molecule has 1 unspecified atom stereocenters. The SMILES string of the molecule is CCOC(=O)C1CCCN(C(=O)Cc2ccc3nc(NC(=O)CC)sc3c2)C1. The second-order valence-electron chi connectivity index (χ2n) is 6.83. The average molecular weight is 404 g/mol. The third-order valence-electron chi connectivity index (χ3n) is 4.77. The minimum Gasteiger partial charge on any atom is -0.466 e. The van der Waals surface area contributed by atoms with Gasteiger partial charge in [-0.05, 0) is 37.5 Å². The van der Waals surface area contributed by atoms with Crippen LogP contribution in [0.25, 0.3) is 10.2 Å². The van der Waals surface area contributed by atoms with E-state index in [0.29, 0.717) is 31.2 Å². The Kier molecular flexibility index (Phi) is 6.61. The summed E-state index contributed by atoms with van der Waals surface area (Å²) in [5, 5.41) is 3.34. The summed E-state index contributed by atoms with van der Waals surface area (Å²) in [5.41, 5.74) is 1.70. The van der Waals surface area contributed by atoms with Crippen molar-refractivity contribution in [1.82, 2.24) is 9.88 Å². The van der Waals surface area contributed by atoms with Gasteiger partial charge in [-0.1, -0.05) is 24.3 Å². The molecule has 2 aromatic rings. The van der Waals surface area contributed by atoms with Gasteiger partial charge in [0, 0.05) is 19.5 Å². The van der Waals surface area contributed by atoms with Crippen LogP contribution in [0, 0.1) is 5.92 Å². The Bertz CT molecular complexity index is 879. The van der Waals surface area contributed by atoms with E-state index in [4.69, 9.17) is 4.74 Å². The number of hydrogen-bond donors (Lipinski definition) is 1. The Hall–Kier alpha value is -2.48. The number of hydrogen-bond acceptors (Lipinski definition) is 6. The van der Waals surface area contributed by atoms with Crippen molar-refractivity contribution in [3.05, 3.63) is 23.8 Å². The molecule has 1 atom stereocenters. The third kappa shape index (κ3) is 4.86. The van der Waals surface area contributed by atoms with Gasteiger partial charge in [-0.15, -0.1) is 0 Å². The van der Waals surface area contributed by atoms with Crippen molar-refractivity contribution in [3.63, 3.8) is 0 Å². The highest BCUT2D eigenvalue weighted by molar-refractivity contribution is 7.22. The standard InChI is InChI=1S/C20H25N3O4S/c1-3-17(24)22-20-21-15-8-7-13(10-16(15)28-20)11-18(25)23-9-5-6-14(12-23)19(26)27-4-2/h7-8,10,14H,3-6,9,11-12H2,1-2H3,(H,21,22,24). The minimum absolute atomic E-state index is 0.0115. The summed E-state index contributed by atoms with van der Waals surface area (Å²) in [6.07, 6.45) is 2.25. The number of thiazole rings is 1. The number of rotatable bonds is 6. The fourth-order valence-electron chi connectivity index (χ4n) is 3.28. The molecule has 28 heavy (non-hydrogen) atoms. The Balaban J connectivity index is 1.65. The number of nitrogens with zero attached hydrogens (tertiary/aromatic N) is 2. The molecule has 0 aliphatic carbocycles. The molecule has 1 saturated heterocycles. The molecule has 1 aliphatic rings. The molecule has 0 radical (unpaired) electrons. The molecule has 0 spiro atoms. The average Bonchev–Trinajstić information content (AvgIpc) is 3.09. The van der Waals surface area contributed by atoms with Gasteiger partial charge in [0.1, 0.15) is 0 Å². The molecule has 3 rings (SSSR count). The van der Waals surface area contributed by atoms with Crippen LogP contribution in [-0.2, 0) is 25.5 Å². The number of esters is 1. The van der Waals surface area contributed by atoms with Crippen molar-refractivity contribution >= 4 is 44.5 Å². The first kappa shape index (κ1) is 20.3. The number of fused-ring (bicyclic) bond motifs is 1. The van der Waals surface area contributed by atoms with Crippen molar-refractivity contribution in [2.24, 2.45) is 5.92 Å². The predicted molar refractivity (Wildman–Crippen MR) is 108 cm³/mol. The minimum atomic E-state index is -0.230. The van der Waals surface area contributed by atoms with Gasteiger partial charge in [-0.2, -0.15) is 0 Å². The van der Waals surface area contributed by atoms with Crippen LogP contribution in [0.3, 0.4) is 0 Å². The van der Waals surface area contributed by atoms with E-state index in [1.54, 1.807) is 18.7 Å². The summed E-state index contributed by atoms with van der Waals surface area (Å²) in [6.45, 7) is 5.04. The highest BCUT2D eigenvalue weighted by atomic mass is 32.1. The molecule has 7 nitrogen and oxygen atoms in total. The summed E-state index contributed by atoms with van der Waals surface area (Å²) in [7, 11) is 0. The topological polar surface area (TPSA) is 88.6 Å². The maximum atomic E-state index is 12.7. The highest BCUT2D eigenvalue weighted by Gasteiger charge is 2.29. The van der Waals surface area contributed by atoms with Crippen LogP contribution in [0.4, 0.5) is 5.13 Å². The zero-order valence-corrected chi connectivity index (χ0v) is 17.0. The number of carbonyl (C=O) groups is 3. The van der Waals surface area contributed by atoms with E-state index in [-0.39, 0.29) is 30.1 Å². The van der Waals surface area contributed by atoms with Gasteiger partial charge < -0.3 is 15.0 Å². The van der Waals surface area contributed by atoms with Crippen molar-refractivity contribution in [2.45, 2.75) is 39.5 Å². The number of benzene rings is 1. The van der Waals surface area contributed by atoms with Crippen LogP contribution in [0.2, 0.25) is 0 Å². The first-order valence-electron chi connectivity index (χ1n) is 9.63. The number of piperidine rings is 1. The fourth-order valence-corrected chi connectivity index (χ4v) is 4.23. The molecule has 1 N–H and O–H groups in total. The summed E-state index contributed by atoms with van der Waals surface area (Å²) < 4.78 is 6.03. The van der Waals surface area contributed by atoms with Gasteiger partial charge in [0.15, 0.2) is 5.13 Å². The number of amides is 2. The normalized spacial score (nSPS) is 16.8. The molecule has 1 fully saturated rings. The lowest BCUT2D eigenvalue weighted by Gasteiger charge is -2.31. The Morgan fingerprint density at radius 1 is 1.32 bits per heavy atom. The lowest BCUT2D eigenvalue weighted by atomic mass is 9.97. The van der Waals surface area contributed by atoms with Crippen LogP contribution >= 0.6 is 11.3 Å². The lowest BCUT2D eigenvalue weighted by molar-refractivity contribution is -0.151. The fraction of sp³-hybridized carbons (Fsp3) is 0.500. The van der Waals surface area contributed by atoms with E-state index >= 15 is 0 Å². The van der Waals surface area contributed by atoms with Crippen LogP contribution in [0.1, 0.15) is 38.7 Å². The van der Waals surface area contributed by atoms with Gasteiger partial charge in [0.05, 0.1) is 29.2 Å². The van der Waals surface area contributed by atoms with Gasteiger partial charge in [0.2, 0.25) is 11.8 Å². The number of ether oxygens (including phenoxy) is 1. The molecule has 1 aromatic heterocycles. The first-order valence-corrected chi connectivity index (χ1v) is 10.5. The van der Waals surface area contributed by atoms with E-state index in [2.05, 4.69) is 10.3 Å². The summed E-state index contributed by atoms with van der Waals surface area (Å²) in [5.74, 6) is -0.507. The van der Waals surface area contributed by atoms with E-state index in [1.165, 1.54) is 11.3 Å². The van der Waals surface area contributed by atoms with E-state index < -0.39 is 0 Å². The molecule has 0 saturated carbocycles. The van der Waals surface area contributed by atoms with Crippen molar-refractivity contribution in [2.75, 3.05) is 25.0 Å². The van der Waals surface area contributed by atoms with Gasteiger partial charge in [0.25, 0.3) is 0 Å². The number of carbonyl (C=O) groups excluding carboxylic acids is 3. The zero-order valence-electron chi connectivity index (χ0n) is 16.2. The van der Waals surface area contributed by atoms with Gasteiger partial charge in [-0.25, -0.2) is 4.98 Å². The molecule has 8 heteroatoms. The predicted octanol–water partition coefficient (Wildman–Crippen LogP) is 2.99. The van der Waals surface area contributed by atoms with Crippen molar-refractivity contribution in [1.29, 1.82) is 0 Å². The lowest BCUT2D eigenvalue weighted by Crippen LogP contribution is -2.43. The van der Waals surface area contributed by atoms with Crippen LogP contribution in [0.15, 0.2) is 18.2 Å². The summed E-state index contributed by atoms with van der Waals surface area (Å²) in [6, 6.07) is 5.70. The van der Waals surface area contributed by atoms with E-state index in [0.717, 1.165) is 28.6 Å². The van der Waals surface area contributed by atoms with E-state index in [9.17, 15) is 14.4 Å². The molecule has 1 aromatic carbocycles. The second kappa shape index (κ2) is 9.14. The van der Waals surface area contributed by atoms with Crippen LogP contribution in [0.5, 0.6) is 0 Å². The molecular formula is C20H25N3O4S. The quantitative estimate of drug-likeness (QED) is 0.749.